The number of likely N-dealkylation sites (tertiary alicyclic amines) is 1. The molecule has 0 saturated carbocycles. The zero-order valence-corrected chi connectivity index (χ0v) is 11.8. The number of benzene rings is 1. The van der Waals surface area contributed by atoms with E-state index < -0.39 is 6.04 Å². The first kappa shape index (κ1) is 13.6. The summed E-state index contributed by atoms with van der Waals surface area (Å²) >= 11 is 0. The lowest BCUT2D eigenvalue weighted by molar-refractivity contribution is -0.147. The van der Waals surface area contributed by atoms with Gasteiger partial charge in [-0.15, -0.1) is 0 Å². The van der Waals surface area contributed by atoms with Crippen molar-refractivity contribution in [3.63, 3.8) is 0 Å². The van der Waals surface area contributed by atoms with Crippen LogP contribution < -0.4 is 0 Å². The van der Waals surface area contributed by atoms with Gasteiger partial charge in [-0.25, -0.2) is 9.78 Å². The van der Waals surface area contributed by atoms with Crippen LogP contribution in [0, 0.1) is 0 Å². The van der Waals surface area contributed by atoms with E-state index in [9.17, 15) is 9.59 Å². The Morgan fingerprint density at radius 1 is 1.48 bits per heavy atom. The van der Waals surface area contributed by atoms with Crippen LogP contribution in [0.3, 0.4) is 0 Å². The van der Waals surface area contributed by atoms with Gasteiger partial charge in [0.25, 0.3) is 5.91 Å². The molecule has 1 saturated heterocycles. The largest absolute Gasteiger partial charge is 0.464 e. The minimum Gasteiger partial charge on any atom is -0.464 e. The fourth-order valence-corrected chi connectivity index (χ4v) is 2.73. The first-order chi connectivity index (χ1) is 10.2. The smallest absolute Gasteiger partial charge is 0.328 e. The number of imidazole rings is 1. The molecular weight excluding hydrogens is 270 g/mol. The maximum Gasteiger partial charge on any atom is 0.328 e. The summed E-state index contributed by atoms with van der Waals surface area (Å²) in [4.78, 5) is 33.3. The van der Waals surface area contributed by atoms with Crippen LogP contribution in [-0.2, 0) is 9.53 Å². The molecule has 1 atom stereocenters. The summed E-state index contributed by atoms with van der Waals surface area (Å²) in [7, 11) is 0. The second kappa shape index (κ2) is 5.55. The normalized spacial score (nSPS) is 18.1. The van der Waals surface area contributed by atoms with Crippen LogP contribution in [0.4, 0.5) is 0 Å². The summed E-state index contributed by atoms with van der Waals surface area (Å²) < 4.78 is 5.05. The lowest BCUT2D eigenvalue weighted by atomic mass is 10.1. The molecule has 3 rings (SSSR count). The topological polar surface area (TPSA) is 75.3 Å². The second-order valence-corrected chi connectivity index (χ2v) is 5.04. The predicted octanol–water partition coefficient (Wildman–Crippen LogP) is 1.73. The Hall–Kier alpha value is -2.37. The van der Waals surface area contributed by atoms with E-state index in [4.69, 9.17) is 4.74 Å². The van der Waals surface area contributed by atoms with Crippen molar-refractivity contribution in [3.8, 4) is 0 Å². The molecule has 1 amide bonds. The summed E-state index contributed by atoms with van der Waals surface area (Å²) in [5.41, 5.74) is 2.19. The van der Waals surface area contributed by atoms with Gasteiger partial charge in [-0.1, -0.05) is 0 Å². The minimum atomic E-state index is -0.463. The van der Waals surface area contributed by atoms with Gasteiger partial charge in [0, 0.05) is 12.1 Å². The molecule has 6 nitrogen and oxygen atoms in total. The number of esters is 1. The standard InChI is InChI=1S/C15H17N3O3/c1-2-21-15(20)13-4-3-7-18(13)14(19)10-5-6-11-12(8-10)17-9-16-11/h5-6,8-9,13H,2-4,7H2,1H3,(H,16,17). The molecule has 0 radical (unpaired) electrons. The van der Waals surface area contributed by atoms with Crippen LogP contribution >= 0.6 is 0 Å². The number of hydrogen-bond donors (Lipinski definition) is 1. The zero-order valence-electron chi connectivity index (χ0n) is 11.8. The van der Waals surface area contributed by atoms with Gasteiger partial charge in [-0.2, -0.15) is 0 Å². The Kier molecular flexibility index (Phi) is 3.60. The number of hydrogen-bond acceptors (Lipinski definition) is 4. The van der Waals surface area contributed by atoms with Crippen LogP contribution in [0.2, 0.25) is 0 Å². The van der Waals surface area contributed by atoms with Gasteiger partial charge >= 0.3 is 5.97 Å². The van der Waals surface area contributed by atoms with E-state index in [0.717, 1.165) is 17.5 Å². The van der Waals surface area contributed by atoms with Crippen LogP contribution in [0.5, 0.6) is 0 Å². The summed E-state index contributed by atoms with van der Waals surface area (Å²) in [6.45, 7) is 2.69. The van der Waals surface area contributed by atoms with Crippen LogP contribution in [0.15, 0.2) is 24.5 Å². The average molecular weight is 287 g/mol. The third kappa shape index (κ3) is 2.49. The molecule has 1 N–H and O–H groups in total. The minimum absolute atomic E-state index is 0.137. The van der Waals surface area contributed by atoms with Crippen molar-refractivity contribution in [2.24, 2.45) is 0 Å². The number of nitrogens with zero attached hydrogens (tertiary/aromatic N) is 2. The van der Waals surface area contributed by atoms with Crippen molar-refractivity contribution in [2.75, 3.05) is 13.2 Å². The molecule has 1 fully saturated rings. The van der Waals surface area contributed by atoms with Crippen molar-refractivity contribution in [1.82, 2.24) is 14.9 Å². The number of aromatic nitrogens is 2. The number of carbonyl (C=O) groups excluding carboxylic acids is 2. The third-order valence-electron chi connectivity index (χ3n) is 3.74. The van der Waals surface area contributed by atoms with Gasteiger partial charge < -0.3 is 14.6 Å². The first-order valence-electron chi connectivity index (χ1n) is 7.11. The molecule has 110 valence electrons. The highest BCUT2D eigenvalue weighted by molar-refractivity contribution is 5.99. The fraction of sp³-hybridized carbons (Fsp3) is 0.400. The van der Waals surface area contributed by atoms with Gasteiger partial charge in [0.05, 0.1) is 24.0 Å². The quantitative estimate of drug-likeness (QED) is 0.872. The molecule has 0 bridgehead atoms. The van der Waals surface area contributed by atoms with E-state index in [-0.39, 0.29) is 11.9 Å². The molecule has 1 aliphatic heterocycles. The van der Waals surface area contributed by atoms with Crippen LogP contribution in [-0.4, -0.2) is 45.9 Å². The number of amides is 1. The lowest BCUT2D eigenvalue weighted by Gasteiger charge is -2.23. The second-order valence-electron chi connectivity index (χ2n) is 5.04. The predicted molar refractivity (Wildman–Crippen MR) is 76.8 cm³/mol. The highest BCUT2D eigenvalue weighted by Crippen LogP contribution is 2.22. The molecule has 1 unspecified atom stereocenters. The van der Waals surface area contributed by atoms with Crippen molar-refractivity contribution in [1.29, 1.82) is 0 Å². The Bertz CT molecular complexity index is 680. The summed E-state index contributed by atoms with van der Waals surface area (Å²) in [6, 6.07) is 4.85. The van der Waals surface area contributed by atoms with Gasteiger partial charge in [-0.3, -0.25) is 4.79 Å². The molecule has 0 spiro atoms. The van der Waals surface area contributed by atoms with Gasteiger partial charge in [-0.05, 0) is 38.0 Å². The monoisotopic (exact) mass is 287 g/mol. The summed E-state index contributed by atoms with van der Waals surface area (Å²) in [6.07, 6.45) is 3.08. The molecule has 21 heavy (non-hydrogen) atoms. The van der Waals surface area contributed by atoms with E-state index in [0.29, 0.717) is 25.1 Å². The number of aromatic amines is 1. The molecule has 6 heteroatoms. The maximum absolute atomic E-state index is 12.6. The zero-order chi connectivity index (χ0) is 14.8. The molecule has 2 heterocycles. The maximum atomic E-state index is 12.6. The number of rotatable bonds is 3. The Morgan fingerprint density at radius 3 is 3.14 bits per heavy atom. The number of fused-ring (bicyclic) bond motifs is 1. The van der Waals surface area contributed by atoms with E-state index >= 15 is 0 Å². The molecule has 1 aromatic carbocycles. The third-order valence-corrected chi connectivity index (χ3v) is 3.74. The van der Waals surface area contributed by atoms with Crippen LogP contribution in [0.25, 0.3) is 11.0 Å². The summed E-state index contributed by atoms with van der Waals surface area (Å²) in [5, 5.41) is 0. The first-order valence-corrected chi connectivity index (χ1v) is 7.11. The number of H-pyrrole nitrogens is 1. The van der Waals surface area contributed by atoms with E-state index in [1.807, 2.05) is 0 Å². The Morgan fingerprint density at radius 2 is 2.33 bits per heavy atom. The van der Waals surface area contributed by atoms with Crippen molar-refractivity contribution in [2.45, 2.75) is 25.8 Å². The van der Waals surface area contributed by atoms with Crippen molar-refractivity contribution in [3.05, 3.63) is 30.1 Å². The van der Waals surface area contributed by atoms with Crippen molar-refractivity contribution >= 4 is 22.9 Å². The number of ether oxygens (including phenoxy) is 1. The Labute approximate surface area is 122 Å². The Balaban J connectivity index is 1.84. The number of carbonyl (C=O) groups is 2. The molecule has 1 aliphatic rings. The van der Waals surface area contributed by atoms with Crippen molar-refractivity contribution < 1.29 is 14.3 Å². The van der Waals surface area contributed by atoms with Gasteiger partial charge in [0.1, 0.15) is 6.04 Å². The van der Waals surface area contributed by atoms with E-state index in [1.54, 1.807) is 36.4 Å². The van der Waals surface area contributed by atoms with E-state index in [2.05, 4.69) is 9.97 Å². The molecule has 1 aromatic heterocycles. The van der Waals surface area contributed by atoms with Gasteiger partial charge in [0.15, 0.2) is 0 Å². The molecule has 0 aliphatic carbocycles. The summed E-state index contributed by atoms with van der Waals surface area (Å²) in [5.74, 6) is -0.451. The van der Waals surface area contributed by atoms with Crippen LogP contribution in [0.1, 0.15) is 30.1 Å². The molecular formula is C15H17N3O3. The van der Waals surface area contributed by atoms with Gasteiger partial charge in [0.2, 0.25) is 0 Å². The highest BCUT2D eigenvalue weighted by atomic mass is 16.5. The highest BCUT2D eigenvalue weighted by Gasteiger charge is 2.35. The lowest BCUT2D eigenvalue weighted by Crippen LogP contribution is -2.41. The fourth-order valence-electron chi connectivity index (χ4n) is 2.73. The average Bonchev–Trinajstić information content (AvgIpc) is 3.14. The number of nitrogens with one attached hydrogen (secondary N) is 1. The van der Waals surface area contributed by atoms with E-state index in [1.165, 1.54) is 0 Å². The SMILES string of the molecule is CCOC(=O)C1CCCN1C(=O)c1ccc2nc[nH]c2c1. The molecule has 2 aromatic rings.